The minimum atomic E-state index is -4.34. The number of nitrogens with one attached hydrogen (secondary N) is 2. The molecule has 0 saturated heterocycles. The Morgan fingerprint density at radius 2 is 2.00 bits per heavy atom. The third-order valence-corrected chi connectivity index (χ3v) is 2.02. The monoisotopic (exact) mass is 246 g/mol. The summed E-state index contributed by atoms with van der Waals surface area (Å²) < 4.78 is 37.1. The minimum Gasteiger partial charge on any atom is -0.383 e. The van der Waals surface area contributed by atoms with Gasteiger partial charge in [-0.15, -0.1) is 0 Å². The summed E-state index contributed by atoms with van der Waals surface area (Å²) in [7, 11) is 0. The number of anilines is 1. The Kier molecular flexibility index (Phi) is 4.37. The normalized spacial score (nSPS) is 11.1. The highest BCUT2D eigenvalue weighted by atomic mass is 19.4. The average Bonchev–Trinajstić information content (AvgIpc) is 2.23. The van der Waals surface area contributed by atoms with E-state index in [0.717, 1.165) is 12.1 Å². The minimum absolute atomic E-state index is 0.171. The molecule has 0 atom stereocenters. The molecule has 1 aromatic carbocycles. The number of alkyl halides is 3. The van der Waals surface area contributed by atoms with Crippen molar-refractivity contribution in [2.24, 2.45) is 0 Å². The summed E-state index contributed by atoms with van der Waals surface area (Å²) >= 11 is 0. The topological polar surface area (TPSA) is 41.1 Å². The van der Waals surface area contributed by atoms with E-state index in [1.165, 1.54) is 13.0 Å². The van der Waals surface area contributed by atoms with Crippen LogP contribution in [0, 0.1) is 0 Å². The molecule has 0 aliphatic carbocycles. The summed E-state index contributed by atoms with van der Waals surface area (Å²) in [6, 6.07) is 4.93. The van der Waals surface area contributed by atoms with Crippen molar-refractivity contribution >= 4 is 11.6 Å². The molecule has 0 spiro atoms. The van der Waals surface area contributed by atoms with Gasteiger partial charge in [0.05, 0.1) is 5.56 Å². The van der Waals surface area contributed by atoms with Gasteiger partial charge in [-0.05, 0) is 18.2 Å². The summed E-state index contributed by atoms with van der Waals surface area (Å²) in [4.78, 5) is 10.6. The van der Waals surface area contributed by atoms with Crippen LogP contribution in [0.4, 0.5) is 18.9 Å². The van der Waals surface area contributed by atoms with E-state index in [9.17, 15) is 18.0 Å². The second-order valence-corrected chi connectivity index (χ2v) is 3.49. The fourth-order valence-corrected chi connectivity index (χ4v) is 1.25. The summed E-state index contributed by atoms with van der Waals surface area (Å²) in [6.07, 6.45) is -4.34. The molecule has 0 saturated carbocycles. The molecule has 94 valence electrons. The van der Waals surface area contributed by atoms with E-state index >= 15 is 0 Å². The molecule has 0 heterocycles. The Hall–Kier alpha value is -1.72. The SMILES string of the molecule is CC(=O)NCCNc1cccc(C(F)(F)F)c1. The molecule has 0 fully saturated rings. The summed E-state index contributed by atoms with van der Waals surface area (Å²) in [6.45, 7) is 2.12. The van der Waals surface area contributed by atoms with E-state index in [1.807, 2.05) is 0 Å². The molecule has 1 aromatic rings. The number of carbonyl (C=O) groups is 1. The lowest BCUT2D eigenvalue weighted by Crippen LogP contribution is -2.26. The number of halogens is 3. The Balaban J connectivity index is 2.52. The van der Waals surface area contributed by atoms with Crippen LogP contribution in [0.2, 0.25) is 0 Å². The Morgan fingerprint density at radius 3 is 2.59 bits per heavy atom. The maximum atomic E-state index is 12.4. The van der Waals surface area contributed by atoms with Gasteiger partial charge >= 0.3 is 6.18 Å². The van der Waals surface area contributed by atoms with Gasteiger partial charge in [0, 0.05) is 25.7 Å². The summed E-state index contributed by atoms with van der Waals surface area (Å²) in [5.41, 5.74) is -0.313. The van der Waals surface area contributed by atoms with Crippen molar-refractivity contribution in [1.82, 2.24) is 5.32 Å². The molecule has 17 heavy (non-hydrogen) atoms. The van der Waals surface area contributed by atoms with Crippen LogP contribution in [0.25, 0.3) is 0 Å². The molecule has 0 bridgehead atoms. The first-order chi connectivity index (χ1) is 7.89. The van der Waals surface area contributed by atoms with Crippen LogP contribution in [0.5, 0.6) is 0 Å². The van der Waals surface area contributed by atoms with E-state index in [1.54, 1.807) is 6.07 Å². The Bertz CT molecular complexity index is 391. The van der Waals surface area contributed by atoms with Gasteiger partial charge in [0.25, 0.3) is 0 Å². The van der Waals surface area contributed by atoms with Crippen molar-refractivity contribution in [3.63, 3.8) is 0 Å². The zero-order valence-electron chi connectivity index (χ0n) is 9.27. The van der Waals surface area contributed by atoms with E-state index in [0.29, 0.717) is 18.8 Å². The predicted octanol–water partition coefficient (Wildman–Crippen LogP) is 2.25. The third-order valence-electron chi connectivity index (χ3n) is 2.02. The zero-order valence-corrected chi connectivity index (χ0v) is 9.27. The first kappa shape index (κ1) is 13.3. The molecular weight excluding hydrogens is 233 g/mol. The third kappa shape index (κ3) is 4.76. The molecule has 0 radical (unpaired) electrons. The van der Waals surface area contributed by atoms with Gasteiger partial charge in [-0.25, -0.2) is 0 Å². The van der Waals surface area contributed by atoms with Crippen LogP contribution >= 0.6 is 0 Å². The maximum Gasteiger partial charge on any atom is 0.416 e. The van der Waals surface area contributed by atoms with Gasteiger partial charge in [0.2, 0.25) is 5.91 Å². The van der Waals surface area contributed by atoms with Crippen molar-refractivity contribution in [3.8, 4) is 0 Å². The van der Waals surface area contributed by atoms with Crippen molar-refractivity contribution < 1.29 is 18.0 Å². The molecule has 0 aromatic heterocycles. The van der Waals surface area contributed by atoms with Crippen molar-refractivity contribution in [2.75, 3.05) is 18.4 Å². The predicted molar refractivity (Wildman–Crippen MR) is 58.6 cm³/mol. The van der Waals surface area contributed by atoms with E-state index in [-0.39, 0.29) is 5.91 Å². The number of benzene rings is 1. The second-order valence-electron chi connectivity index (χ2n) is 3.49. The van der Waals surface area contributed by atoms with Gasteiger partial charge in [0.15, 0.2) is 0 Å². The first-order valence-electron chi connectivity index (χ1n) is 5.05. The van der Waals surface area contributed by atoms with Gasteiger partial charge in [0.1, 0.15) is 0 Å². The number of hydrogen-bond donors (Lipinski definition) is 2. The second kappa shape index (κ2) is 5.56. The molecule has 0 aliphatic heterocycles. The first-order valence-corrected chi connectivity index (χ1v) is 5.05. The number of hydrogen-bond acceptors (Lipinski definition) is 2. The van der Waals surface area contributed by atoms with Gasteiger partial charge in [-0.1, -0.05) is 6.07 Å². The highest BCUT2D eigenvalue weighted by molar-refractivity contribution is 5.72. The average molecular weight is 246 g/mol. The largest absolute Gasteiger partial charge is 0.416 e. The van der Waals surface area contributed by atoms with Gasteiger partial charge in [-0.3, -0.25) is 4.79 Å². The lowest BCUT2D eigenvalue weighted by molar-refractivity contribution is -0.137. The Labute approximate surface area is 97.0 Å². The fraction of sp³-hybridized carbons (Fsp3) is 0.364. The van der Waals surface area contributed by atoms with Crippen molar-refractivity contribution in [3.05, 3.63) is 29.8 Å². The van der Waals surface area contributed by atoms with E-state index < -0.39 is 11.7 Å². The quantitative estimate of drug-likeness (QED) is 0.800. The van der Waals surface area contributed by atoms with Gasteiger partial charge in [-0.2, -0.15) is 13.2 Å². The standard InChI is InChI=1S/C11H13F3N2O/c1-8(17)15-5-6-16-10-4-2-3-9(7-10)11(12,13)14/h2-4,7,16H,5-6H2,1H3,(H,15,17). The number of rotatable bonds is 4. The van der Waals surface area contributed by atoms with Crippen molar-refractivity contribution in [2.45, 2.75) is 13.1 Å². The van der Waals surface area contributed by atoms with Crippen LogP contribution in [0.1, 0.15) is 12.5 Å². The molecule has 0 aliphatic rings. The van der Waals surface area contributed by atoms with Crippen LogP contribution in [-0.2, 0) is 11.0 Å². The molecule has 0 unspecified atom stereocenters. The molecule has 1 amide bonds. The molecular formula is C11H13F3N2O. The van der Waals surface area contributed by atoms with Crippen LogP contribution in [0.15, 0.2) is 24.3 Å². The lowest BCUT2D eigenvalue weighted by atomic mass is 10.2. The smallest absolute Gasteiger partial charge is 0.383 e. The summed E-state index contributed by atoms with van der Waals surface area (Å²) in [5.74, 6) is -0.171. The van der Waals surface area contributed by atoms with Crippen LogP contribution in [0.3, 0.4) is 0 Å². The van der Waals surface area contributed by atoms with Gasteiger partial charge < -0.3 is 10.6 Å². The van der Waals surface area contributed by atoms with E-state index in [4.69, 9.17) is 0 Å². The van der Waals surface area contributed by atoms with Crippen LogP contribution in [-0.4, -0.2) is 19.0 Å². The van der Waals surface area contributed by atoms with Crippen LogP contribution < -0.4 is 10.6 Å². The highest BCUT2D eigenvalue weighted by Crippen LogP contribution is 2.30. The fourth-order valence-electron chi connectivity index (χ4n) is 1.25. The van der Waals surface area contributed by atoms with E-state index in [2.05, 4.69) is 10.6 Å². The zero-order chi connectivity index (χ0) is 12.9. The summed E-state index contributed by atoms with van der Waals surface area (Å²) in [5, 5.41) is 5.33. The lowest BCUT2D eigenvalue weighted by Gasteiger charge is -2.10. The highest BCUT2D eigenvalue weighted by Gasteiger charge is 2.30. The molecule has 6 heteroatoms. The Morgan fingerprint density at radius 1 is 1.29 bits per heavy atom. The maximum absolute atomic E-state index is 12.4. The molecule has 1 rings (SSSR count). The number of amides is 1. The van der Waals surface area contributed by atoms with Crippen molar-refractivity contribution in [1.29, 1.82) is 0 Å². The molecule has 3 nitrogen and oxygen atoms in total. The molecule has 2 N–H and O–H groups in total. The number of carbonyl (C=O) groups excluding carboxylic acids is 1.